The first-order valence-corrected chi connectivity index (χ1v) is 5.10. The van der Waals surface area contributed by atoms with E-state index in [2.05, 4.69) is 15.9 Å². The first kappa shape index (κ1) is 8.51. The van der Waals surface area contributed by atoms with Gasteiger partial charge in [-0.25, -0.2) is 0 Å². The Bertz CT molecular complexity index is 447. The van der Waals surface area contributed by atoms with E-state index in [9.17, 15) is 4.79 Å². The Morgan fingerprint density at radius 3 is 2.92 bits per heavy atom. The van der Waals surface area contributed by atoms with Crippen molar-refractivity contribution >= 4 is 27.2 Å². The van der Waals surface area contributed by atoms with Gasteiger partial charge in [0.2, 0.25) is 0 Å². The van der Waals surface area contributed by atoms with Gasteiger partial charge in [-0.1, -0.05) is 22.0 Å². The summed E-state index contributed by atoms with van der Waals surface area (Å²) in [6.45, 7) is 0. The van der Waals surface area contributed by atoms with Crippen LogP contribution in [0.15, 0.2) is 36.7 Å². The van der Waals surface area contributed by atoms with Gasteiger partial charge >= 0.3 is 0 Å². The van der Waals surface area contributed by atoms with Gasteiger partial charge in [0.05, 0.1) is 10.8 Å². The molecule has 0 aliphatic carbocycles. The maximum Gasteiger partial charge on any atom is 0.175 e. The molecule has 66 valence electrons. The van der Waals surface area contributed by atoms with Crippen LogP contribution in [0.4, 0.5) is 0 Å². The molecule has 0 atom stereocenters. The monoisotopic (exact) mass is 237 g/mol. The lowest BCUT2D eigenvalue weighted by Crippen LogP contribution is -1.98. The molecule has 13 heavy (non-hydrogen) atoms. The first-order chi connectivity index (χ1) is 6.33. The molecule has 0 saturated carbocycles. The van der Waals surface area contributed by atoms with Gasteiger partial charge in [0.15, 0.2) is 5.78 Å². The molecule has 2 heterocycles. The molecule has 0 spiro atoms. The van der Waals surface area contributed by atoms with Crippen LogP contribution in [0.5, 0.6) is 0 Å². The average molecular weight is 238 g/mol. The van der Waals surface area contributed by atoms with Gasteiger partial charge in [-0.15, -0.1) is 0 Å². The minimum atomic E-state index is 0.119. The molecule has 0 aliphatic heterocycles. The van der Waals surface area contributed by atoms with E-state index in [1.165, 1.54) is 0 Å². The van der Waals surface area contributed by atoms with Crippen LogP contribution in [-0.4, -0.2) is 15.5 Å². The van der Waals surface area contributed by atoms with Crippen molar-refractivity contribution in [1.29, 1.82) is 0 Å². The number of fused-ring (bicyclic) bond motifs is 1. The van der Waals surface area contributed by atoms with Crippen LogP contribution in [0.25, 0.3) is 5.52 Å². The fourth-order valence-corrected chi connectivity index (χ4v) is 1.66. The quantitative estimate of drug-likeness (QED) is 0.581. The van der Waals surface area contributed by atoms with Gasteiger partial charge in [-0.05, 0) is 18.2 Å². The number of halogens is 1. The minimum Gasteiger partial charge on any atom is -0.323 e. The number of hydrogen-bond acceptors (Lipinski definition) is 1. The molecular formula is C10H8BrNO. The number of Topliss-reactive ketones (excluding diaryl/α,β-unsaturated/α-hetero) is 1. The highest BCUT2D eigenvalue weighted by molar-refractivity contribution is 9.09. The standard InChI is InChI=1S/C10H8BrNO/c11-7-10(13)8-4-6-12-5-2-1-3-9(8)12/h1-6H,7H2. The fraction of sp³-hybridized carbons (Fsp3) is 0.100. The van der Waals surface area contributed by atoms with E-state index in [-0.39, 0.29) is 5.78 Å². The summed E-state index contributed by atoms with van der Waals surface area (Å²) in [5, 5.41) is 0.377. The summed E-state index contributed by atoms with van der Waals surface area (Å²) in [7, 11) is 0. The lowest BCUT2D eigenvalue weighted by Gasteiger charge is -1.95. The Hall–Kier alpha value is -1.09. The third kappa shape index (κ3) is 1.40. The summed E-state index contributed by atoms with van der Waals surface area (Å²) in [5.41, 5.74) is 1.74. The van der Waals surface area contributed by atoms with E-state index in [1.807, 2.05) is 41.1 Å². The summed E-state index contributed by atoms with van der Waals surface area (Å²) in [4.78, 5) is 11.4. The van der Waals surface area contributed by atoms with Gasteiger partial charge < -0.3 is 4.40 Å². The number of carbonyl (C=O) groups excluding carboxylic acids is 1. The number of pyridine rings is 1. The number of alkyl halides is 1. The van der Waals surface area contributed by atoms with Crippen LogP contribution in [0.1, 0.15) is 10.4 Å². The SMILES string of the molecule is O=C(CBr)c1ccn2ccccc12. The Morgan fingerprint density at radius 2 is 2.15 bits per heavy atom. The second-order valence-electron chi connectivity index (χ2n) is 2.78. The number of carbonyl (C=O) groups is 1. The molecule has 2 aromatic rings. The van der Waals surface area contributed by atoms with Crippen LogP contribution in [0.2, 0.25) is 0 Å². The predicted octanol–water partition coefficient (Wildman–Crippen LogP) is 2.52. The van der Waals surface area contributed by atoms with Crippen molar-refractivity contribution in [3.8, 4) is 0 Å². The second-order valence-corrected chi connectivity index (χ2v) is 3.34. The molecule has 0 saturated heterocycles. The molecule has 0 fully saturated rings. The van der Waals surface area contributed by atoms with E-state index in [0.717, 1.165) is 11.1 Å². The Kier molecular flexibility index (Phi) is 2.19. The third-order valence-corrected chi connectivity index (χ3v) is 2.50. The van der Waals surface area contributed by atoms with Crippen molar-refractivity contribution < 1.29 is 4.79 Å². The number of hydrogen-bond donors (Lipinski definition) is 0. The minimum absolute atomic E-state index is 0.119. The Labute approximate surface area is 84.3 Å². The lowest BCUT2D eigenvalue weighted by atomic mass is 10.2. The van der Waals surface area contributed by atoms with E-state index >= 15 is 0 Å². The molecule has 0 N–H and O–H groups in total. The number of ketones is 1. The van der Waals surface area contributed by atoms with E-state index < -0.39 is 0 Å². The summed E-state index contributed by atoms with van der Waals surface area (Å²) in [6.07, 6.45) is 3.82. The molecule has 0 unspecified atom stereocenters. The van der Waals surface area contributed by atoms with E-state index in [1.54, 1.807) is 0 Å². The highest BCUT2D eigenvalue weighted by Crippen LogP contribution is 2.13. The maximum atomic E-state index is 11.4. The molecule has 2 aromatic heterocycles. The van der Waals surface area contributed by atoms with Crippen LogP contribution >= 0.6 is 15.9 Å². The molecule has 0 aliphatic rings. The van der Waals surface area contributed by atoms with Crippen molar-refractivity contribution in [2.45, 2.75) is 0 Å². The average Bonchev–Trinajstić information content (AvgIpc) is 2.60. The zero-order valence-corrected chi connectivity index (χ0v) is 8.49. The fourth-order valence-electron chi connectivity index (χ4n) is 1.36. The molecule has 2 rings (SSSR count). The summed E-state index contributed by atoms with van der Waals surface area (Å²) >= 11 is 3.16. The Balaban J connectivity index is 2.64. The largest absolute Gasteiger partial charge is 0.323 e. The molecule has 0 radical (unpaired) electrons. The van der Waals surface area contributed by atoms with Gasteiger partial charge in [-0.3, -0.25) is 4.79 Å². The van der Waals surface area contributed by atoms with Crippen molar-refractivity contribution in [1.82, 2.24) is 4.40 Å². The van der Waals surface area contributed by atoms with Crippen LogP contribution < -0.4 is 0 Å². The van der Waals surface area contributed by atoms with Gasteiger partial charge in [0, 0.05) is 18.0 Å². The zero-order valence-electron chi connectivity index (χ0n) is 6.90. The van der Waals surface area contributed by atoms with E-state index in [4.69, 9.17) is 0 Å². The molecule has 0 aromatic carbocycles. The number of aromatic nitrogens is 1. The van der Waals surface area contributed by atoms with Crippen molar-refractivity contribution in [3.63, 3.8) is 0 Å². The van der Waals surface area contributed by atoms with Gasteiger partial charge in [0.25, 0.3) is 0 Å². The van der Waals surface area contributed by atoms with Gasteiger partial charge in [0.1, 0.15) is 0 Å². The van der Waals surface area contributed by atoms with Crippen molar-refractivity contribution in [3.05, 3.63) is 42.2 Å². The number of rotatable bonds is 2. The summed E-state index contributed by atoms with van der Waals surface area (Å²) < 4.78 is 1.94. The van der Waals surface area contributed by atoms with Crippen LogP contribution in [0.3, 0.4) is 0 Å². The molecule has 3 heteroatoms. The second kappa shape index (κ2) is 3.34. The Morgan fingerprint density at radius 1 is 1.31 bits per heavy atom. The third-order valence-electron chi connectivity index (χ3n) is 1.99. The van der Waals surface area contributed by atoms with Gasteiger partial charge in [-0.2, -0.15) is 0 Å². The topological polar surface area (TPSA) is 21.5 Å². The maximum absolute atomic E-state index is 11.4. The van der Waals surface area contributed by atoms with Crippen LogP contribution in [-0.2, 0) is 0 Å². The van der Waals surface area contributed by atoms with Crippen LogP contribution in [0, 0.1) is 0 Å². The molecule has 0 bridgehead atoms. The highest BCUT2D eigenvalue weighted by Gasteiger charge is 2.08. The molecule has 2 nitrogen and oxygen atoms in total. The highest BCUT2D eigenvalue weighted by atomic mass is 79.9. The van der Waals surface area contributed by atoms with E-state index in [0.29, 0.717) is 5.33 Å². The lowest BCUT2D eigenvalue weighted by molar-refractivity contribution is 0.102. The normalized spacial score (nSPS) is 10.5. The first-order valence-electron chi connectivity index (χ1n) is 3.98. The molecule has 0 amide bonds. The molecular weight excluding hydrogens is 230 g/mol. The van der Waals surface area contributed by atoms with Crippen molar-refractivity contribution in [2.75, 3.05) is 5.33 Å². The summed E-state index contributed by atoms with van der Waals surface area (Å²) in [5.74, 6) is 0.119. The predicted molar refractivity (Wildman–Crippen MR) is 55.5 cm³/mol. The van der Waals surface area contributed by atoms with Crippen molar-refractivity contribution in [2.24, 2.45) is 0 Å². The summed E-state index contributed by atoms with van der Waals surface area (Å²) in [6, 6.07) is 7.66. The number of nitrogens with zero attached hydrogens (tertiary/aromatic N) is 1. The zero-order chi connectivity index (χ0) is 9.26. The smallest absolute Gasteiger partial charge is 0.175 e.